The van der Waals surface area contributed by atoms with Crippen molar-refractivity contribution in [1.29, 1.82) is 0 Å². The van der Waals surface area contributed by atoms with Gasteiger partial charge in [-0.3, -0.25) is 4.79 Å². The predicted molar refractivity (Wildman–Crippen MR) is 50.8 cm³/mol. The molecule has 0 aliphatic rings. The van der Waals surface area contributed by atoms with Gasteiger partial charge in [0.15, 0.2) is 0 Å². The smallest absolute Gasteiger partial charge is 0.239 e. The Morgan fingerprint density at radius 1 is 1.33 bits per heavy atom. The Kier molecular flexibility index (Phi) is 5.72. The Labute approximate surface area is 74.9 Å². The number of carbonyl (C=O) groups is 1. The molecule has 0 saturated heterocycles. The maximum Gasteiger partial charge on any atom is 0.239 e. The molecule has 0 aliphatic carbocycles. The van der Waals surface area contributed by atoms with Crippen molar-refractivity contribution in [1.82, 2.24) is 4.90 Å². The molecule has 0 unspecified atom stereocenters. The highest BCUT2D eigenvalue weighted by atomic mass is 16.2. The van der Waals surface area contributed by atoms with Crippen LogP contribution in [0.3, 0.4) is 0 Å². The van der Waals surface area contributed by atoms with E-state index in [-0.39, 0.29) is 11.9 Å². The van der Waals surface area contributed by atoms with Gasteiger partial charge in [-0.25, -0.2) is 0 Å². The van der Waals surface area contributed by atoms with Crippen LogP contribution in [0.4, 0.5) is 0 Å². The van der Waals surface area contributed by atoms with E-state index in [4.69, 9.17) is 5.73 Å². The Bertz CT molecular complexity index is 128. The summed E-state index contributed by atoms with van der Waals surface area (Å²) in [5.41, 5.74) is 5.51. The van der Waals surface area contributed by atoms with Gasteiger partial charge in [0, 0.05) is 13.1 Å². The quantitative estimate of drug-likeness (QED) is 0.672. The first-order chi connectivity index (χ1) is 5.63. The van der Waals surface area contributed by atoms with E-state index >= 15 is 0 Å². The van der Waals surface area contributed by atoms with Gasteiger partial charge < -0.3 is 10.6 Å². The third kappa shape index (κ3) is 3.72. The first kappa shape index (κ1) is 11.4. The minimum absolute atomic E-state index is 0.0682. The summed E-state index contributed by atoms with van der Waals surface area (Å²) in [6.07, 6.45) is 2.00. The predicted octanol–water partition coefficient (Wildman–Crippen LogP) is 0.982. The van der Waals surface area contributed by atoms with E-state index in [9.17, 15) is 4.79 Å². The lowest BCUT2D eigenvalue weighted by Crippen LogP contribution is -2.42. The third-order valence-electron chi connectivity index (χ3n) is 1.69. The number of hydrogen-bond donors (Lipinski definition) is 1. The molecule has 0 aromatic heterocycles. The Balaban J connectivity index is 3.99. The maximum atomic E-state index is 11.4. The van der Waals surface area contributed by atoms with Gasteiger partial charge in [0.25, 0.3) is 0 Å². The molecule has 0 rings (SSSR count). The zero-order valence-electron chi connectivity index (χ0n) is 8.34. The van der Waals surface area contributed by atoms with Gasteiger partial charge in [-0.05, 0) is 19.8 Å². The molecule has 0 fully saturated rings. The molecule has 0 bridgehead atoms. The Hall–Kier alpha value is -0.570. The average Bonchev–Trinajstić information content (AvgIpc) is 2.03. The minimum atomic E-state index is -0.358. The summed E-state index contributed by atoms with van der Waals surface area (Å²) in [6, 6.07) is -0.358. The molecule has 0 aliphatic heterocycles. The van der Waals surface area contributed by atoms with E-state index in [0.29, 0.717) is 0 Å². The fraction of sp³-hybridized carbons (Fsp3) is 0.889. The molecule has 12 heavy (non-hydrogen) atoms. The second-order valence-electron chi connectivity index (χ2n) is 3.11. The summed E-state index contributed by atoms with van der Waals surface area (Å²) in [4.78, 5) is 13.3. The molecule has 0 aromatic carbocycles. The number of carbonyl (C=O) groups excluding carboxylic acids is 1. The normalized spacial score (nSPS) is 12.7. The molecule has 3 nitrogen and oxygen atoms in total. The van der Waals surface area contributed by atoms with E-state index in [1.54, 1.807) is 6.92 Å². The largest absolute Gasteiger partial charge is 0.341 e. The van der Waals surface area contributed by atoms with Crippen molar-refractivity contribution in [3.05, 3.63) is 0 Å². The van der Waals surface area contributed by atoms with Crippen molar-refractivity contribution in [2.45, 2.75) is 39.7 Å². The van der Waals surface area contributed by atoms with E-state index < -0.39 is 0 Å². The Morgan fingerprint density at radius 3 is 2.00 bits per heavy atom. The van der Waals surface area contributed by atoms with Crippen molar-refractivity contribution < 1.29 is 4.79 Å². The summed E-state index contributed by atoms with van der Waals surface area (Å²) in [5, 5.41) is 0. The highest BCUT2D eigenvalue weighted by molar-refractivity contribution is 5.81. The SMILES string of the molecule is CCCN(CCC)C(=O)[C@H](C)N. The zero-order chi connectivity index (χ0) is 9.56. The van der Waals surface area contributed by atoms with E-state index in [0.717, 1.165) is 25.9 Å². The molecule has 0 radical (unpaired) electrons. The second-order valence-corrected chi connectivity index (χ2v) is 3.11. The van der Waals surface area contributed by atoms with Crippen LogP contribution in [0.1, 0.15) is 33.6 Å². The van der Waals surface area contributed by atoms with Crippen LogP contribution in [0.25, 0.3) is 0 Å². The van der Waals surface area contributed by atoms with Crippen LogP contribution in [-0.4, -0.2) is 29.9 Å². The van der Waals surface area contributed by atoms with Crippen LogP contribution in [0.5, 0.6) is 0 Å². The fourth-order valence-electron chi connectivity index (χ4n) is 1.16. The van der Waals surface area contributed by atoms with Gasteiger partial charge in [-0.15, -0.1) is 0 Å². The first-order valence-electron chi connectivity index (χ1n) is 4.67. The van der Waals surface area contributed by atoms with Crippen LogP contribution in [0, 0.1) is 0 Å². The summed E-state index contributed by atoms with van der Waals surface area (Å²) in [5.74, 6) is 0.0682. The average molecular weight is 172 g/mol. The summed E-state index contributed by atoms with van der Waals surface area (Å²) in [6.45, 7) is 7.53. The molecule has 0 aromatic rings. The molecule has 0 saturated carbocycles. The summed E-state index contributed by atoms with van der Waals surface area (Å²) < 4.78 is 0. The van der Waals surface area contributed by atoms with Gasteiger partial charge in [0.05, 0.1) is 6.04 Å². The molecular formula is C9H20N2O. The first-order valence-corrected chi connectivity index (χ1v) is 4.67. The van der Waals surface area contributed by atoms with E-state index in [2.05, 4.69) is 13.8 Å². The second kappa shape index (κ2) is 6.00. The highest BCUT2D eigenvalue weighted by Crippen LogP contribution is 1.97. The molecular weight excluding hydrogens is 152 g/mol. The number of amides is 1. The standard InChI is InChI=1S/C9H20N2O/c1-4-6-11(7-5-2)9(12)8(3)10/h8H,4-7,10H2,1-3H3/t8-/m0/s1. The van der Waals surface area contributed by atoms with Gasteiger partial charge >= 0.3 is 0 Å². The molecule has 1 atom stereocenters. The van der Waals surface area contributed by atoms with Gasteiger partial charge in [0.2, 0.25) is 5.91 Å². The maximum absolute atomic E-state index is 11.4. The lowest BCUT2D eigenvalue weighted by Gasteiger charge is -2.23. The topological polar surface area (TPSA) is 46.3 Å². The van der Waals surface area contributed by atoms with Crippen molar-refractivity contribution in [3.8, 4) is 0 Å². The monoisotopic (exact) mass is 172 g/mol. The van der Waals surface area contributed by atoms with Crippen LogP contribution < -0.4 is 5.73 Å². The summed E-state index contributed by atoms with van der Waals surface area (Å²) >= 11 is 0. The van der Waals surface area contributed by atoms with Crippen molar-refractivity contribution in [2.24, 2.45) is 5.73 Å². The van der Waals surface area contributed by atoms with Crippen LogP contribution >= 0.6 is 0 Å². The molecule has 1 amide bonds. The fourth-order valence-corrected chi connectivity index (χ4v) is 1.16. The molecule has 3 heteroatoms. The number of nitrogens with zero attached hydrogens (tertiary/aromatic N) is 1. The van der Waals surface area contributed by atoms with Gasteiger partial charge in [-0.1, -0.05) is 13.8 Å². The number of rotatable bonds is 5. The molecule has 0 spiro atoms. The lowest BCUT2D eigenvalue weighted by molar-refractivity contribution is -0.132. The minimum Gasteiger partial charge on any atom is -0.341 e. The van der Waals surface area contributed by atoms with Crippen LogP contribution in [0.2, 0.25) is 0 Å². The Morgan fingerprint density at radius 2 is 1.75 bits per heavy atom. The van der Waals surface area contributed by atoms with Crippen molar-refractivity contribution in [2.75, 3.05) is 13.1 Å². The van der Waals surface area contributed by atoms with Crippen LogP contribution in [-0.2, 0) is 4.79 Å². The van der Waals surface area contributed by atoms with Gasteiger partial charge in [-0.2, -0.15) is 0 Å². The number of hydrogen-bond acceptors (Lipinski definition) is 2. The highest BCUT2D eigenvalue weighted by Gasteiger charge is 2.14. The summed E-state index contributed by atoms with van der Waals surface area (Å²) in [7, 11) is 0. The van der Waals surface area contributed by atoms with Crippen molar-refractivity contribution in [3.63, 3.8) is 0 Å². The van der Waals surface area contributed by atoms with E-state index in [1.165, 1.54) is 0 Å². The molecule has 72 valence electrons. The molecule has 0 heterocycles. The van der Waals surface area contributed by atoms with Crippen LogP contribution in [0.15, 0.2) is 0 Å². The zero-order valence-corrected chi connectivity index (χ0v) is 8.34. The van der Waals surface area contributed by atoms with E-state index in [1.807, 2.05) is 4.90 Å². The molecule has 2 N–H and O–H groups in total. The van der Waals surface area contributed by atoms with Crippen molar-refractivity contribution >= 4 is 5.91 Å². The van der Waals surface area contributed by atoms with Gasteiger partial charge in [0.1, 0.15) is 0 Å². The number of nitrogens with two attached hydrogens (primary N) is 1. The third-order valence-corrected chi connectivity index (χ3v) is 1.69. The lowest BCUT2D eigenvalue weighted by atomic mass is 10.2.